The standard InChI is InChI=1S/C16H15FN2O/c17-15-9-13(10-18)6-7-16(15)19-14(11-20)8-12-4-2-1-3-5-12/h1-7,9,14,19-20H,8,11H2. The molecule has 0 fully saturated rings. The number of hydrogen-bond donors (Lipinski definition) is 2. The van der Waals surface area contributed by atoms with E-state index in [0.29, 0.717) is 12.1 Å². The van der Waals surface area contributed by atoms with Crippen molar-refractivity contribution in [2.45, 2.75) is 12.5 Å². The first kappa shape index (κ1) is 14.0. The van der Waals surface area contributed by atoms with Crippen LogP contribution >= 0.6 is 0 Å². The van der Waals surface area contributed by atoms with Crippen LogP contribution in [0.1, 0.15) is 11.1 Å². The maximum Gasteiger partial charge on any atom is 0.147 e. The number of nitrogens with zero attached hydrogens (tertiary/aromatic N) is 1. The molecule has 0 aliphatic carbocycles. The molecule has 0 saturated heterocycles. The monoisotopic (exact) mass is 270 g/mol. The van der Waals surface area contributed by atoms with Crippen molar-refractivity contribution >= 4 is 5.69 Å². The average molecular weight is 270 g/mol. The van der Waals surface area contributed by atoms with Crippen molar-refractivity contribution in [1.29, 1.82) is 5.26 Å². The highest BCUT2D eigenvalue weighted by atomic mass is 19.1. The Morgan fingerprint density at radius 3 is 2.55 bits per heavy atom. The molecule has 2 aromatic rings. The van der Waals surface area contributed by atoms with E-state index < -0.39 is 5.82 Å². The van der Waals surface area contributed by atoms with Gasteiger partial charge in [-0.15, -0.1) is 0 Å². The Hall–Kier alpha value is -2.38. The Bertz CT molecular complexity index is 608. The summed E-state index contributed by atoms with van der Waals surface area (Å²) in [6.07, 6.45) is 0.594. The van der Waals surface area contributed by atoms with Crippen LogP contribution in [0.3, 0.4) is 0 Å². The third-order valence-corrected chi connectivity index (χ3v) is 3.00. The van der Waals surface area contributed by atoms with Crippen LogP contribution in [0.15, 0.2) is 48.5 Å². The summed E-state index contributed by atoms with van der Waals surface area (Å²) in [5, 5.41) is 21.1. The Morgan fingerprint density at radius 2 is 1.95 bits per heavy atom. The molecule has 1 unspecified atom stereocenters. The SMILES string of the molecule is N#Cc1ccc(NC(CO)Cc2ccccc2)c(F)c1. The van der Waals surface area contributed by atoms with Crippen molar-refractivity contribution in [2.75, 3.05) is 11.9 Å². The largest absolute Gasteiger partial charge is 0.394 e. The summed E-state index contributed by atoms with van der Waals surface area (Å²) >= 11 is 0. The van der Waals surface area contributed by atoms with Crippen LogP contribution in [0.25, 0.3) is 0 Å². The first-order chi connectivity index (χ1) is 9.72. The van der Waals surface area contributed by atoms with Gasteiger partial charge in [-0.05, 0) is 30.2 Å². The lowest BCUT2D eigenvalue weighted by Gasteiger charge is -2.18. The van der Waals surface area contributed by atoms with Gasteiger partial charge in [-0.3, -0.25) is 0 Å². The first-order valence-corrected chi connectivity index (χ1v) is 6.34. The molecule has 20 heavy (non-hydrogen) atoms. The lowest BCUT2D eigenvalue weighted by Crippen LogP contribution is -2.26. The molecule has 0 aromatic heterocycles. The highest BCUT2D eigenvalue weighted by Gasteiger charge is 2.11. The summed E-state index contributed by atoms with van der Waals surface area (Å²) in [7, 11) is 0. The predicted molar refractivity (Wildman–Crippen MR) is 75.8 cm³/mol. The number of hydrogen-bond acceptors (Lipinski definition) is 3. The Balaban J connectivity index is 2.09. The lowest BCUT2D eigenvalue weighted by molar-refractivity contribution is 0.273. The first-order valence-electron chi connectivity index (χ1n) is 6.34. The fraction of sp³-hybridized carbons (Fsp3) is 0.188. The lowest BCUT2D eigenvalue weighted by atomic mass is 10.1. The number of rotatable bonds is 5. The molecular formula is C16H15FN2O. The fourth-order valence-corrected chi connectivity index (χ4v) is 1.98. The number of aliphatic hydroxyl groups is 1. The number of nitriles is 1. The van der Waals surface area contributed by atoms with Gasteiger partial charge in [-0.2, -0.15) is 5.26 Å². The van der Waals surface area contributed by atoms with E-state index in [1.807, 2.05) is 36.4 Å². The van der Waals surface area contributed by atoms with Gasteiger partial charge >= 0.3 is 0 Å². The molecule has 4 heteroatoms. The number of nitrogens with one attached hydrogen (secondary N) is 1. The minimum Gasteiger partial charge on any atom is -0.394 e. The second kappa shape index (κ2) is 6.69. The van der Waals surface area contributed by atoms with E-state index in [2.05, 4.69) is 5.32 Å². The van der Waals surface area contributed by atoms with Crippen LogP contribution in [0.2, 0.25) is 0 Å². The third kappa shape index (κ3) is 3.56. The van der Waals surface area contributed by atoms with E-state index in [9.17, 15) is 9.50 Å². The van der Waals surface area contributed by atoms with E-state index in [0.717, 1.165) is 5.56 Å². The van der Waals surface area contributed by atoms with Crippen molar-refractivity contribution in [3.8, 4) is 6.07 Å². The van der Waals surface area contributed by atoms with E-state index in [1.54, 1.807) is 6.07 Å². The van der Waals surface area contributed by atoms with Gasteiger partial charge in [0.2, 0.25) is 0 Å². The fourth-order valence-electron chi connectivity index (χ4n) is 1.98. The Morgan fingerprint density at radius 1 is 1.20 bits per heavy atom. The number of halogens is 1. The highest BCUT2D eigenvalue weighted by Crippen LogP contribution is 2.17. The van der Waals surface area contributed by atoms with E-state index in [1.165, 1.54) is 12.1 Å². The van der Waals surface area contributed by atoms with Gasteiger partial charge < -0.3 is 10.4 Å². The van der Waals surface area contributed by atoms with Crippen LogP contribution < -0.4 is 5.32 Å². The molecule has 2 aromatic carbocycles. The van der Waals surface area contributed by atoms with Crippen molar-refractivity contribution in [2.24, 2.45) is 0 Å². The molecule has 0 bridgehead atoms. The zero-order valence-electron chi connectivity index (χ0n) is 10.9. The third-order valence-electron chi connectivity index (χ3n) is 3.00. The van der Waals surface area contributed by atoms with Crippen molar-refractivity contribution in [3.63, 3.8) is 0 Å². The second-order valence-electron chi connectivity index (χ2n) is 4.52. The summed E-state index contributed by atoms with van der Waals surface area (Å²) < 4.78 is 13.8. The molecule has 2 N–H and O–H groups in total. The van der Waals surface area contributed by atoms with E-state index in [4.69, 9.17) is 5.26 Å². The quantitative estimate of drug-likeness (QED) is 0.878. The highest BCUT2D eigenvalue weighted by molar-refractivity contribution is 5.49. The Kier molecular flexibility index (Phi) is 4.70. The van der Waals surface area contributed by atoms with Crippen molar-refractivity contribution < 1.29 is 9.50 Å². The minimum absolute atomic E-state index is 0.103. The summed E-state index contributed by atoms with van der Waals surface area (Å²) in [5.74, 6) is -0.490. The molecule has 0 heterocycles. The summed E-state index contributed by atoms with van der Waals surface area (Å²) in [6, 6.07) is 15.5. The number of aliphatic hydroxyl groups excluding tert-OH is 1. The number of benzene rings is 2. The van der Waals surface area contributed by atoms with Crippen LogP contribution in [0, 0.1) is 17.1 Å². The Labute approximate surface area is 117 Å². The number of anilines is 1. The minimum atomic E-state index is -0.490. The summed E-state index contributed by atoms with van der Waals surface area (Å²) in [6.45, 7) is -0.103. The topological polar surface area (TPSA) is 56.0 Å². The molecule has 102 valence electrons. The van der Waals surface area contributed by atoms with Gasteiger partial charge in [0.1, 0.15) is 5.82 Å². The van der Waals surface area contributed by atoms with E-state index >= 15 is 0 Å². The maximum absolute atomic E-state index is 13.8. The second-order valence-corrected chi connectivity index (χ2v) is 4.52. The maximum atomic E-state index is 13.8. The van der Waals surface area contributed by atoms with Crippen LogP contribution in [-0.2, 0) is 6.42 Å². The molecule has 0 saturated carbocycles. The van der Waals surface area contributed by atoms with Crippen LogP contribution in [-0.4, -0.2) is 17.8 Å². The summed E-state index contributed by atoms with van der Waals surface area (Å²) in [4.78, 5) is 0. The van der Waals surface area contributed by atoms with Crippen LogP contribution in [0.5, 0.6) is 0 Å². The molecule has 0 amide bonds. The van der Waals surface area contributed by atoms with Crippen molar-refractivity contribution in [1.82, 2.24) is 0 Å². The zero-order chi connectivity index (χ0) is 14.4. The van der Waals surface area contributed by atoms with Gasteiger partial charge in [0.15, 0.2) is 0 Å². The molecule has 2 rings (SSSR count). The van der Waals surface area contributed by atoms with Gasteiger partial charge in [-0.25, -0.2) is 4.39 Å². The summed E-state index contributed by atoms with van der Waals surface area (Å²) in [5.41, 5.74) is 1.63. The van der Waals surface area contributed by atoms with Gasteiger partial charge in [-0.1, -0.05) is 30.3 Å². The van der Waals surface area contributed by atoms with Gasteiger partial charge in [0.25, 0.3) is 0 Å². The van der Waals surface area contributed by atoms with Gasteiger partial charge in [0, 0.05) is 0 Å². The molecule has 0 aliphatic rings. The zero-order valence-corrected chi connectivity index (χ0v) is 10.9. The molecule has 1 atom stereocenters. The molecular weight excluding hydrogens is 255 g/mol. The predicted octanol–water partition coefficient (Wildman–Crippen LogP) is 2.71. The van der Waals surface area contributed by atoms with Gasteiger partial charge in [0.05, 0.1) is 30.0 Å². The molecule has 0 spiro atoms. The smallest absolute Gasteiger partial charge is 0.147 e. The van der Waals surface area contributed by atoms with Crippen LogP contribution in [0.4, 0.5) is 10.1 Å². The molecule has 3 nitrogen and oxygen atoms in total. The molecule has 0 aliphatic heterocycles. The van der Waals surface area contributed by atoms with Crippen molar-refractivity contribution in [3.05, 3.63) is 65.5 Å². The normalized spacial score (nSPS) is 11.7. The molecule has 0 radical (unpaired) electrons. The van der Waals surface area contributed by atoms with E-state index in [-0.39, 0.29) is 18.2 Å². The average Bonchev–Trinajstić information content (AvgIpc) is 2.49.